The van der Waals surface area contributed by atoms with Crippen LogP contribution in [0, 0.1) is 0 Å². The Morgan fingerprint density at radius 1 is 1.53 bits per heavy atom. The van der Waals surface area contributed by atoms with Gasteiger partial charge in [-0.2, -0.15) is 5.10 Å². The van der Waals surface area contributed by atoms with Gasteiger partial charge in [0.25, 0.3) is 0 Å². The topological polar surface area (TPSA) is 38.0 Å². The van der Waals surface area contributed by atoms with Gasteiger partial charge in [0, 0.05) is 18.8 Å². The van der Waals surface area contributed by atoms with Gasteiger partial charge in [-0.1, -0.05) is 23.2 Å². The van der Waals surface area contributed by atoms with Gasteiger partial charge in [0.2, 0.25) is 0 Å². The van der Waals surface area contributed by atoms with Crippen LogP contribution in [0.5, 0.6) is 0 Å². The molecular weight excluding hydrogens is 255 g/mol. The van der Waals surface area contributed by atoms with Crippen molar-refractivity contribution in [2.75, 3.05) is 0 Å². The van der Waals surface area contributed by atoms with Crippen LogP contribution >= 0.6 is 34.5 Å². The fourth-order valence-electron chi connectivity index (χ4n) is 1.35. The van der Waals surface area contributed by atoms with Crippen LogP contribution in [-0.4, -0.2) is 14.9 Å². The van der Waals surface area contributed by atoms with Gasteiger partial charge in [-0.25, -0.2) is 0 Å². The smallest absolute Gasteiger partial charge is 0.123 e. The summed E-state index contributed by atoms with van der Waals surface area (Å²) in [6, 6.07) is 3.42. The first-order valence-corrected chi connectivity index (χ1v) is 5.77. The number of nitrogens with zero attached hydrogens (tertiary/aromatic N) is 2. The summed E-state index contributed by atoms with van der Waals surface area (Å²) >= 11 is 13.0. The van der Waals surface area contributed by atoms with E-state index in [4.69, 9.17) is 23.2 Å². The highest BCUT2D eigenvalue weighted by atomic mass is 35.5. The molecule has 1 unspecified atom stereocenters. The number of thiophene rings is 1. The maximum absolute atomic E-state index is 10.1. The number of hydrogen-bond acceptors (Lipinski definition) is 3. The molecule has 2 heterocycles. The predicted molar refractivity (Wildman–Crippen MR) is 61.6 cm³/mol. The van der Waals surface area contributed by atoms with E-state index in [1.165, 1.54) is 11.3 Å². The van der Waals surface area contributed by atoms with Gasteiger partial charge in [0.15, 0.2) is 0 Å². The van der Waals surface area contributed by atoms with Crippen LogP contribution in [0.3, 0.4) is 0 Å². The molecule has 0 aromatic carbocycles. The van der Waals surface area contributed by atoms with E-state index in [1.54, 1.807) is 30.1 Å². The second-order valence-electron chi connectivity index (χ2n) is 3.06. The van der Waals surface area contributed by atoms with Crippen molar-refractivity contribution in [3.8, 4) is 0 Å². The largest absolute Gasteiger partial charge is 0.382 e. The summed E-state index contributed by atoms with van der Waals surface area (Å²) in [4.78, 5) is 0. The number of hydrogen-bond donors (Lipinski definition) is 1. The molecule has 80 valence electrons. The lowest BCUT2D eigenvalue weighted by atomic mass is 10.1. The van der Waals surface area contributed by atoms with Gasteiger partial charge in [-0.3, -0.25) is 4.68 Å². The minimum Gasteiger partial charge on any atom is -0.382 e. The van der Waals surface area contributed by atoms with Gasteiger partial charge in [0.1, 0.15) is 10.4 Å². The first-order valence-electron chi connectivity index (χ1n) is 4.20. The quantitative estimate of drug-likeness (QED) is 0.904. The first kappa shape index (κ1) is 11.0. The summed E-state index contributed by atoms with van der Waals surface area (Å²) in [6.07, 6.45) is 0.842. The summed E-state index contributed by atoms with van der Waals surface area (Å²) in [7, 11) is 1.76. The lowest BCUT2D eigenvalue weighted by Crippen LogP contribution is -2.05. The molecule has 3 nitrogen and oxygen atoms in total. The van der Waals surface area contributed by atoms with Crippen LogP contribution in [0.2, 0.25) is 8.67 Å². The highest BCUT2D eigenvalue weighted by molar-refractivity contribution is 7.20. The number of aliphatic hydroxyl groups is 1. The van der Waals surface area contributed by atoms with Gasteiger partial charge < -0.3 is 5.11 Å². The summed E-state index contributed by atoms with van der Waals surface area (Å²) < 4.78 is 2.68. The zero-order valence-corrected chi connectivity index (χ0v) is 10.1. The molecule has 2 aromatic heterocycles. The average Bonchev–Trinajstić information content (AvgIpc) is 2.71. The molecule has 2 aromatic rings. The van der Waals surface area contributed by atoms with E-state index in [0.717, 1.165) is 0 Å². The number of halogens is 2. The maximum Gasteiger partial charge on any atom is 0.123 e. The van der Waals surface area contributed by atoms with E-state index in [0.29, 0.717) is 19.9 Å². The Balaban J connectivity index is 2.40. The zero-order chi connectivity index (χ0) is 11.0. The van der Waals surface area contributed by atoms with Crippen molar-refractivity contribution in [1.82, 2.24) is 9.78 Å². The van der Waals surface area contributed by atoms with Crippen molar-refractivity contribution in [2.45, 2.75) is 6.10 Å². The van der Waals surface area contributed by atoms with Crippen LogP contribution < -0.4 is 0 Å². The monoisotopic (exact) mass is 262 g/mol. The van der Waals surface area contributed by atoms with E-state index in [-0.39, 0.29) is 0 Å². The van der Waals surface area contributed by atoms with Crippen LogP contribution in [-0.2, 0) is 7.05 Å². The molecule has 0 fully saturated rings. The van der Waals surface area contributed by atoms with Crippen LogP contribution in [0.4, 0.5) is 0 Å². The summed E-state index contributed by atoms with van der Waals surface area (Å²) in [5, 5.41) is 14.0. The molecular formula is C9H8Cl2N2OS. The highest BCUT2D eigenvalue weighted by Crippen LogP contribution is 2.37. The molecule has 0 aliphatic rings. The number of rotatable bonds is 2. The van der Waals surface area contributed by atoms with E-state index in [2.05, 4.69) is 5.10 Å². The Hall–Kier alpha value is -0.550. The third-order valence-corrected chi connectivity index (χ3v) is 3.63. The van der Waals surface area contributed by atoms with Gasteiger partial charge in [-0.05, 0) is 12.1 Å². The fraction of sp³-hybridized carbons (Fsp3) is 0.222. The lowest BCUT2D eigenvalue weighted by Gasteiger charge is -2.09. The summed E-state index contributed by atoms with van der Waals surface area (Å²) in [6.45, 7) is 0. The van der Waals surface area contributed by atoms with Crippen molar-refractivity contribution in [2.24, 2.45) is 7.05 Å². The standard InChI is InChI=1S/C9H8Cl2N2OS/c1-13-6(2-3-12-13)8(14)5-4-7(10)15-9(5)11/h2-4,8,14H,1H3. The minimum atomic E-state index is -0.784. The van der Waals surface area contributed by atoms with Crippen LogP contribution in [0.25, 0.3) is 0 Å². The Labute approximate surface area is 101 Å². The number of aromatic nitrogens is 2. The zero-order valence-electron chi connectivity index (χ0n) is 7.82. The molecule has 0 saturated heterocycles. The Kier molecular flexibility index (Phi) is 3.02. The van der Waals surface area contributed by atoms with Crippen molar-refractivity contribution in [1.29, 1.82) is 0 Å². The molecule has 0 aliphatic carbocycles. The van der Waals surface area contributed by atoms with Crippen LogP contribution in [0.1, 0.15) is 17.4 Å². The lowest BCUT2D eigenvalue weighted by molar-refractivity contribution is 0.210. The maximum atomic E-state index is 10.1. The number of aryl methyl sites for hydroxylation is 1. The van der Waals surface area contributed by atoms with E-state index in [9.17, 15) is 5.11 Å². The second-order valence-corrected chi connectivity index (χ2v) is 5.35. The third-order valence-electron chi connectivity index (χ3n) is 2.12. The predicted octanol–water partition coefficient (Wildman–Crippen LogP) is 2.87. The molecule has 6 heteroatoms. The Morgan fingerprint density at radius 2 is 2.27 bits per heavy atom. The van der Waals surface area contributed by atoms with E-state index < -0.39 is 6.10 Å². The molecule has 1 atom stereocenters. The van der Waals surface area contributed by atoms with E-state index >= 15 is 0 Å². The Morgan fingerprint density at radius 3 is 2.73 bits per heavy atom. The normalized spacial score (nSPS) is 13.1. The second kappa shape index (κ2) is 4.14. The van der Waals surface area contributed by atoms with Crippen molar-refractivity contribution < 1.29 is 5.11 Å². The summed E-state index contributed by atoms with van der Waals surface area (Å²) in [5.41, 5.74) is 1.31. The molecule has 2 rings (SSSR count). The van der Waals surface area contributed by atoms with Crippen molar-refractivity contribution in [3.63, 3.8) is 0 Å². The van der Waals surface area contributed by atoms with Crippen molar-refractivity contribution >= 4 is 34.5 Å². The first-order chi connectivity index (χ1) is 7.09. The summed E-state index contributed by atoms with van der Waals surface area (Å²) in [5.74, 6) is 0. The van der Waals surface area contributed by atoms with Crippen molar-refractivity contribution in [3.05, 3.63) is 38.3 Å². The van der Waals surface area contributed by atoms with Gasteiger partial charge >= 0.3 is 0 Å². The van der Waals surface area contributed by atoms with Gasteiger partial charge in [-0.15, -0.1) is 11.3 Å². The third kappa shape index (κ3) is 2.03. The molecule has 0 spiro atoms. The molecule has 1 N–H and O–H groups in total. The van der Waals surface area contributed by atoms with Gasteiger partial charge in [0.05, 0.1) is 10.0 Å². The fourth-order valence-corrected chi connectivity index (χ4v) is 2.87. The molecule has 0 radical (unpaired) electrons. The molecule has 0 amide bonds. The minimum absolute atomic E-state index is 0.508. The van der Waals surface area contributed by atoms with Crippen LogP contribution in [0.15, 0.2) is 18.3 Å². The SMILES string of the molecule is Cn1nccc1C(O)c1cc(Cl)sc1Cl. The molecule has 0 bridgehead atoms. The Bertz CT molecular complexity index is 480. The highest BCUT2D eigenvalue weighted by Gasteiger charge is 2.19. The average molecular weight is 263 g/mol. The number of aliphatic hydroxyl groups excluding tert-OH is 1. The molecule has 0 aliphatic heterocycles. The molecule has 0 saturated carbocycles. The van der Waals surface area contributed by atoms with E-state index in [1.807, 2.05) is 0 Å². The molecule has 15 heavy (non-hydrogen) atoms.